The van der Waals surface area contributed by atoms with Crippen molar-refractivity contribution >= 4 is 41.1 Å². The van der Waals surface area contributed by atoms with Crippen LogP contribution in [-0.4, -0.2) is 18.1 Å². The van der Waals surface area contributed by atoms with E-state index in [0.717, 1.165) is 16.9 Å². The van der Waals surface area contributed by atoms with Crippen molar-refractivity contribution in [1.82, 2.24) is 5.43 Å². The minimum atomic E-state index is 0.0128. The van der Waals surface area contributed by atoms with E-state index >= 15 is 0 Å². The van der Waals surface area contributed by atoms with Crippen molar-refractivity contribution in [3.05, 3.63) is 120 Å². The maximum absolute atomic E-state index is 6.24. The Bertz CT molecular complexity index is 1400. The zero-order chi connectivity index (χ0) is 25.2. The summed E-state index contributed by atoms with van der Waals surface area (Å²) in [4.78, 5) is 8.74. The van der Waals surface area contributed by atoms with Crippen LogP contribution in [0.25, 0.3) is 11.3 Å². The Labute approximate surface area is 213 Å². The monoisotopic (exact) mass is 497 g/mol. The smallest absolute Gasteiger partial charge is 0.232 e. The third kappa shape index (κ3) is 7.09. The predicted octanol–water partition coefficient (Wildman–Crippen LogP) is 5.89. The molecule has 0 saturated heterocycles. The molecule has 0 bridgehead atoms. The van der Waals surface area contributed by atoms with E-state index in [1.54, 1.807) is 12.1 Å². The lowest BCUT2D eigenvalue weighted by atomic mass is 10.2. The molecule has 5 N–H and O–H groups in total. The lowest BCUT2D eigenvalue weighted by Gasteiger charge is -2.09. The first-order valence-corrected chi connectivity index (χ1v) is 11.3. The zero-order valence-electron chi connectivity index (χ0n) is 19.2. The van der Waals surface area contributed by atoms with Crippen LogP contribution in [0.2, 0.25) is 5.02 Å². The lowest BCUT2D eigenvalue weighted by Crippen LogP contribution is -2.30. The molecule has 180 valence electrons. The number of guanidine groups is 2. The van der Waals surface area contributed by atoms with Crippen molar-refractivity contribution in [3.63, 3.8) is 0 Å². The number of nitrogens with zero attached hydrogens (tertiary/aromatic N) is 3. The van der Waals surface area contributed by atoms with Crippen LogP contribution in [0.4, 0.5) is 11.4 Å². The molecule has 9 heteroatoms. The highest BCUT2D eigenvalue weighted by Crippen LogP contribution is 2.28. The number of anilines is 2. The molecule has 0 saturated carbocycles. The maximum atomic E-state index is 6.24. The second kappa shape index (κ2) is 12.0. The van der Waals surface area contributed by atoms with Crippen LogP contribution >= 0.6 is 11.6 Å². The van der Waals surface area contributed by atoms with E-state index in [1.165, 1.54) is 6.21 Å². The Morgan fingerprint density at radius 2 is 1.44 bits per heavy atom. The Balaban J connectivity index is 1.45. The Kier molecular flexibility index (Phi) is 8.14. The van der Waals surface area contributed by atoms with Crippen molar-refractivity contribution in [1.29, 1.82) is 0 Å². The molecule has 0 aliphatic carbocycles. The molecule has 4 aromatic rings. The molecule has 4 rings (SSSR count). The average Bonchev–Trinajstić information content (AvgIpc) is 3.34. The largest absolute Gasteiger partial charge is 0.455 e. The van der Waals surface area contributed by atoms with E-state index in [-0.39, 0.29) is 11.9 Å². The fraction of sp³-hybridized carbons (Fsp3) is 0. The standard InChI is InChI=1S/C27H24ClN7O/c1-19(31-20-10-4-2-5-11-20)32-27(33-21-12-6-3-7-13-21)34-26(29)35-30-18-22-16-17-25(36-22)23-14-8-9-15-24(23)28/h2-18,31H,1H2,(H4,29,32,33,34,35)/b30-18+. The summed E-state index contributed by atoms with van der Waals surface area (Å²) in [6.45, 7) is 3.95. The summed E-state index contributed by atoms with van der Waals surface area (Å²) in [6, 6.07) is 30.1. The van der Waals surface area contributed by atoms with Gasteiger partial charge in [-0.3, -0.25) is 0 Å². The molecule has 3 aromatic carbocycles. The van der Waals surface area contributed by atoms with Gasteiger partial charge >= 0.3 is 0 Å². The second-order valence-corrected chi connectivity index (χ2v) is 7.82. The van der Waals surface area contributed by atoms with Gasteiger partial charge in [0.2, 0.25) is 11.9 Å². The molecule has 1 aromatic heterocycles. The van der Waals surface area contributed by atoms with Gasteiger partial charge < -0.3 is 20.8 Å². The number of hydrogen-bond acceptors (Lipinski definition) is 4. The summed E-state index contributed by atoms with van der Waals surface area (Å²) in [7, 11) is 0. The van der Waals surface area contributed by atoms with E-state index in [2.05, 4.69) is 37.7 Å². The van der Waals surface area contributed by atoms with Gasteiger partial charge in [0.1, 0.15) is 17.3 Å². The van der Waals surface area contributed by atoms with Crippen molar-refractivity contribution in [3.8, 4) is 11.3 Å². The highest BCUT2D eigenvalue weighted by Gasteiger charge is 2.07. The number of nitrogens with one attached hydrogen (secondary N) is 3. The van der Waals surface area contributed by atoms with Crippen molar-refractivity contribution in [2.45, 2.75) is 0 Å². The van der Waals surface area contributed by atoms with E-state index in [9.17, 15) is 0 Å². The van der Waals surface area contributed by atoms with Crippen LogP contribution in [-0.2, 0) is 0 Å². The molecule has 0 aliphatic rings. The van der Waals surface area contributed by atoms with Crippen LogP contribution in [0.1, 0.15) is 5.76 Å². The zero-order valence-corrected chi connectivity index (χ0v) is 20.0. The van der Waals surface area contributed by atoms with Gasteiger partial charge in [0.05, 0.1) is 11.2 Å². The first-order valence-electron chi connectivity index (χ1n) is 11.0. The van der Waals surface area contributed by atoms with Crippen molar-refractivity contribution in [2.24, 2.45) is 20.8 Å². The fourth-order valence-corrected chi connectivity index (χ4v) is 3.33. The van der Waals surface area contributed by atoms with Crippen LogP contribution in [0.3, 0.4) is 0 Å². The number of hydrogen-bond donors (Lipinski definition) is 4. The number of rotatable bonds is 7. The van der Waals surface area contributed by atoms with Gasteiger partial charge in [0.15, 0.2) is 0 Å². The molecular formula is C27H24ClN7O. The molecule has 0 spiro atoms. The molecule has 0 aliphatic heterocycles. The summed E-state index contributed by atoms with van der Waals surface area (Å²) in [5.74, 6) is 1.76. The average molecular weight is 498 g/mol. The summed E-state index contributed by atoms with van der Waals surface area (Å²) in [5.41, 5.74) is 11.1. The van der Waals surface area contributed by atoms with Gasteiger partial charge in [-0.05, 0) is 48.5 Å². The van der Waals surface area contributed by atoms with Crippen molar-refractivity contribution < 1.29 is 4.42 Å². The first kappa shape index (κ1) is 24.3. The number of furan rings is 1. The Morgan fingerprint density at radius 3 is 2.14 bits per heavy atom. The number of para-hydroxylation sites is 2. The molecule has 0 radical (unpaired) electrons. The number of benzene rings is 3. The molecule has 8 nitrogen and oxygen atoms in total. The number of aliphatic imine (C=N–C) groups is 2. The van der Waals surface area contributed by atoms with E-state index < -0.39 is 0 Å². The summed E-state index contributed by atoms with van der Waals surface area (Å²) in [5, 5.41) is 10.9. The maximum Gasteiger partial charge on any atom is 0.232 e. The molecule has 0 fully saturated rings. The minimum Gasteiger partial charge on any atom is -0.455 e. The quantitative estimate of drug-likeness (QED) is 0.144. The number of halogens is 1. The molecular weight excluding hydrogens is 474 g/mol. The third-order valence-electron chi connectivity index (χ3n) is 4.70. The van der Waals surface area contributed by atoms with Crippen LogP contribution in [0, 0.1) is 0 Å². The minimum absolute atomic E-state index is 0.0128. The van der Waals surface area contributed by atoms with E-state index in [4.69, 9.17) is 21.8 Å². The first-order chi connectivity index (χ1) is 17.6. The number of nitrogens with two attached hydrogens (primary N) is 1. The topological polar surface area (TPSA) is 112 Å². The molecule has 0 atom stereocenters. The second-order valence-electron chi connectivity index (χ2n) is 7.41. The fourth-order valence-electron chi connectivity index (χ4n) is 3.10. The van der Waals surface area contributed by atoms with Crippen LogP contribution in [0.5, 0.6) is 0 Å². The number of hydrazone groups is 1. The van der Waals surface area contributed by atoms with Gasteiger partial charge in [0.25, 0.3) is 0 Å². The summed E-state index contributed by atoms with van der Waals surface area (Å²) >= 11 is 6.24. The molecule has 1 heterocycles. The summed E-state index contributed by atoms with van der Waals surface area (Å²) < 4.78 is 5.79. The normalized spacial score (nSPS) is 11.9. The Morgan fingerprint density at radius 1 is 0.806 bits per heavy atom. The van der Waals surface area contributed by atoms with Gasteiger partial charge in [-0.1, -0.05) is 66.7 Å². The molecule has 0 amide bonds. The van der Waals surface area contributed by atoms with Gasteiger partial charge in [-0.2, -0.15) is 15.1 Å². The predicted molar refractivity (Wildman–Crippen MR) is 148 cm³/mol. The van der Waals surface area contributed by atoms with E-state index in [1.807, 2.05) is 84.9 Å². The highest BCUT2D eigenvalue weighted by atomic mass is 35.5. The van der Waals surface area contributed by atoms with Gasteiger partial charge in [0, 0.05) is 16.9 Å². The summed E-state index contributed by atoms with van der Waals surface area (Å²) in [6.07, 6.45) is 1.49. The van der Waals surface area contributed by atoms with Crippen molar-refractivity contribution in [2.75, 3.05) is 10.6 Å². The molecule has 0 unspecified atom stereocenters. The highest BCUT2D eigenvalue weighted by molar-refractivity contribution is 6.33. The van der Waals surface area contributed by atoms with Gasteiger partial charge in [-0.15, -0.1) is 0 Å². The Hall–Kier alpha value is -4.82. The SMILES string of the molecule is C=C(/N=C(\N=C(/N)N/N=C/c1ccc(-c2ccccc2Cl)o1)Nc1ccccc1)Nc1ccccc1. The van der Waals surface area contributed by atoms with Crippen LogP contribution in [0.15, 0.2) is 129 Å². The van der Waals surface area contributed by atoms with E-state index in [0.29, 0.717) is 22.4 Å². The van der Waals surface area contributed by atoms with Gasteiger partial charge in [-0.25, -0.2) is 5.43 Å². The lowest BCUT2D eigenvalue weighted by molar-refractivity contribution is 0.574. The van der Waals surface area contributed by atoms with Crippen LogP contribution < -0.4 is 21.8 Å². The third-order valence-corrected chi connectivity index (χ3v) is 5.03. The molecule has 36 heavy (non-hydrogen) atoms.